The van der Waals surface area contributed by atoms with Crippen molar-refractivity contribution in [3.05, 3.63) is 28.8 Å². The fourth-order valence-corrected chi connectivity index (χ4v) is 3.48. The van der Waals surface area contributed by atoms with Crippen LogP contribution in [0.5, 0.6) is 5.75 Å². The van der Waals surface area contributed by atoms with Crippen LogP contribution in [0, 0.1) is 0 Å². The number of phenols is 1. The van der Waals surface area contributed by atoms with Gasteiger partial charge in [0, 0.05) is 0 Å². The first-order valence-corrected chi connectivity index (χ1v) is 6.53. The zero-order valence-corrected chi connectivity index (χ0v) is 11.9. The van der Waals surface area contributed by atoms with E-state index in [1.165, 1.54) is 11.1 Å². The van der Waals surface area contributed by atoms with E-state index in [9.17, 15) is 5.11 Å². The van der Waals surface area contributed by atoms with Crippen LogP contribution in [0.15, 0.2) is 12.1 Å². The van der Waals surface area contributed by atoms with Gasteiger partial charge in [0.15, 0.2) is 0 Å². The van der Waals surface area contributed by atoms with E-state index < -0.39 is 0 Å². The summed E-state index contributed by atoms with van der Waals surface area (Å²) in [6, 6.07) is 4.23. The predicted octanol–water partition coefficient (Wildman–Crippen LogP) is 4.47. The molecule has 0 radical (unpaired) electrons. The topological polar surface area (TPSA) is 20.2 Å². The first-order chi connectivity index (χ1) is 7.65. The van der Waals surface area contributed by atoms with Crippen molar-refractivity contribution < 1.29 is 5.11 Å². The summed E-state index contributed by atoms with van der Waals surface area (Å²) in [6.45, 7) is 13.4. The van der Waals surface area contributed by atoms with Crippen LogP contribution in [-0.2, 0) is 10.8 Å². The Kier molecular flexibility index (Phi) is 2.57. The minimum atomic E-state index is 0.172. The molecular formula is C16H24O. The van der Waals surface area contributed by atoms with E-state index in [2.05, 4.69) is 47.6 Å². The molecule has 1 nitrogen and oxygen atoms in total. The second kappa shape index (κ2) is 3.51. The van der Waals surface area contributed by atoms with Crippen LogP contribution in [0.25, 0.3) is 0 Å². The highest BCUT2D eigenvalue weighted by atomic mass is 16.3. The van der Waals surface area contributed by atoms with Crippen molar-refractivity contribution in [1.82, 2.24) is 0 Å². The average molecular weight is 232 g/mol. The zero-order valence-electron chi connectivity index (χ0n) is 11.9. The van der Waals surface area contributed by atoms with Crippen molar-refractivity contribution in [2.75, 3.05) is 0 Å². The van der Waals surface area contributed by atoms with E-state index >= 15 is 0 Å². The first-order valence-electron chi connectivity index (χ1n) is 6.53. The summed E-state index contributed by atoms with van der Waals surface area (Å²) in [5.41, 5.74) is 4.21. The van der Waals surface area contributed by atoms with E-state index in [1.54, 1.807) is 0 Å². The van der Waals surface area contributed by atoms with Gasteiger partial charge in [0.05, 0.1) is 0 Å². The Bertz CT molecular complexity index is 453. The van der Waals surface area contributed by atoms with Gasteiger partial charge in [0.25, 0.3) is 0 Å². The summed E-state index contributed by atoms with van der Waals surface area (Å²) in [4.78, 5) is 0. The second-order valence-electron chi connectivity index (χ2n) is 7.06. The maximum absolute atomic E-state index is 10.1. The fraction of sp³-hybridized carbons (Fsp3) is 0.625. The van der Waals surface area contributed by atoms with Crippen molar-refractivity contribution in [3.63, 3.8) is 0 Å². The monoisotopic (exact) mass is 232 g/mol. The van der Waals surface area contributed by atoms with E-state index in [1.807, 2.05) is 6.07 Å². The number of rotatable bonds is 1. The molecule has 1 N–H and O–H groups in total. The van der Waals surface area contributed by atoms with Crippen molar-refractivity contribution in [2.24, 2.45) is 0 Å². The molecule has 0 aliphatic heterocycles. The number of phenolic OH excluding ortho intramolecular Hbond substituents is 1. The van der Waals surface area contributed by atoms with Crippen LogP contribution in [0.1, 0.15) is 70.6 Å². The molecule has 1 heteroatoms. The lowest BCUT2D eigenvalue weighted by Gasteiger charge is -2.22. The Balaban J connectivity index is 2.68. The zero-order chi connectivity index (χ0) is 13.0. The Hall–Kier alpha value is -0.980. The fourth-order valence-electron chi connectivity index (χ4n) is 3.48. The van der Waals surface area contributed by atoms with Crippen molar-refractivity contribution in [2.45, 2.75) is 64.7 Å². The maximum atomic E-state index is 10.1. The Morgan fingerprint density at radius 2 is 1.47 bits per heavy atom. The smallest absolute Gasteiger partial charge is 0.119 e. The largest absolute Gasteiger partial charge is 0.508 e. The van der Waals surface area contributed by atoms with Gasteiger partial charge in [-0.05, 0) is 45.9 Å². The lowest BCUT2D eigenvalue weighted by molar-refractivity contribution is 0.402. The maximum Gasteiger partial charge on any atom is 0.119 e. The lowest BCUT2D eigenvalue weighted by Crippen LogP contribution is -2.18. The van der Waals surface area contributed by atoms with Crippen molar-refractivity contribution >= 4 is 0 Å². The van der Waals surface area contributed by atoms with E-state index in [-0.39, 0.29) is 10.8 Å². The molecule has 94 valence electrons. The summed E-state index contributed by atoms with van der Waals surface area (Å²) >= 11 is 0. The molecule has 1 aliphatic rings. The molecule has 0 saturated carbocycles. The Morgan fingerprint density at radius 3 is 1.94 bits per heavy atom. The molecule has 0 spiro atoms. The molecule has 2 rings (SSSR count). The summed E-state index contributed by atoms with van der Waals surface area (Å²) in [5, 5.41) is 10.1. The molecule has 1 aromatic carbocycles. The lowest BCUT2D eigenvalue weighted by atomic mass is 9.82. The summed E-state index contributed by atoms with van der Waals surface area (Å²) in [7, 11) is 0. The molecule has 0 saturated heterocycles. The highest BCUT2D eigenvalue weighted by Gasteiger charge is 2.42. The molecule has 1 aromatic rings. The Morgan fingerprint density at radius 1 is 1.00 bits per heavy atom. The number of hydrogen-bond donors (Lipinski definition) is 1. The molecule has 0 atom stereocenters. The summed E-state index contributed by atoms with van der Waals surface area (Å²) in [6.07, 6.45) is 1.15. The van der Waals surface area contributed by atoms with E-state index in [0.717, 1.165) is 12.0 Å². The first kappa shape index (κ1) is 12.5. The number of hydrogen-bond acceptors (Lipinski definition) is 1. The van der Waals surface area contributed by atoms with Crippen LogP contribution in [0.3, 0.4) is 0 Å². The van der Waals surface area contributed by atoms with Gasteiger partial charge >= 0.3 is 0 Å². The second-order valence-corrected chi connectivity index (χ2v) is 7.06. The third-order valence-electron chi connectivity index (χ3n) is 4.13. The number of benzene rings is 1. The molecule has 0 aromatic heterocycles. The van der Waals surface area contributed by atoms with Crippen molar-refractivity contribution in [3.8, 4) is 5.75 Å². The van der Waals surface area contributed by atoms with Crippen LogP contribution >= 0.6 is 0 Å². The number of aromatic hydroxyl groups is 1. The van der Waals surface area contributed by atoms with Gasteiger partial charge in [-0.15, -0.1) is 0 Å². The molecule has 0 bridgehead atoms. The minimum absolute atomic E-state index is 0.172. The molecule has 0 heterocycles. The van der Waals surface area contributed by atoms with Crippen LogP contribution in [-0.4, -0.2) is 5.11 Å². The molecular weight excluding hydrogens is 208 g/mol. The molecule has 0 amide bonds. The Labute approximate surface area is 105 Å². The van der Waals surface area contributed by atoms with Crippen LogP contribution in [0.2, 0.25) is 0 Å². The van der Waals surface area contributed by atoms with Crippen molar-refractivity contribution in [1.29, 1.82) is 0 Å². The average Bonchev–Trinajstić information content (AvgIpc) is 2.30. The standard InChI is InChI=1S/C16H24O/c1-10(2)11-7-12-13(8-14(11)17)16(5,6)9-15(12,3)4/h7-8,10,17H,9H2,1-6H3. The van der Waals surface area contributed by atoms with Gasteiger partial charge in [-0.3, -0.25) is 0 Å². The third-order valence-corrected chi connectivity index (χ3v) is 4.13. The SMILES string of the molecule is CC(C)c1cc2c(cc1O)C(C)(C)CC2(C)C. The quantitative estimate of drug-likeness (QED) is 0.757. The van der Waals surface area contributed by atoms with Gasteiger partial charge in [0.1, 0.15) is 5.75 Å². The molecule has 0 fully saturated rings. The predicted molar refractivity (Wildman–Crippen MR) is 72.9 cm³/mol. The van der Waals surface area contributed by atoms with Gasteiger partial charge < -0.3 is 5.11 Å². The summed E-state index contributed by atoms with van der Waals surface area (Å²) in [5.74, 6) is 0.837. The number of fused-ring (bicyclic) bond motifs is 1. The minimum Gasteiger partial charge on any atom is -0.508 e. The molecule has 0 unspecified atom stereocenters. The van der Waals surface area contributed by atoms with Crippen LogP contribution in [0.4, 0.5) is 0 Å². The van der Waals surface area contributed by atoms with Gasteiger partial charge in [-0.25, -0.2) is 0 Å². The van der Waals surface area contributed by atoms with Gasteiger partial charge in [-0.2, -0.15) is 0 Å². The highest BCUT2D eigenvalue weighted by Crippen LogP contribution is 2.51. The van der Waals surface area contributed by atoms with Gasteiger partial charge in [-0.1, -0.05) is 47.6 Å². The van der Waals surface area contributed by atoms with E-state index in [4.69, 9.17) is 0 Å². The molecule has 17 heavy (non-hydrogen) atoms. The van der Waals surface area contributed by atoms with Crippen LogP contribution < -0.4 is 0 Å². The highest BCUT2D eigenvalue weighted by molar-refractivity contribution is 5.52. The van der Waals surface area contributed by atoms with Gasteiger partial charge in [0.2, 0.25) is 0 Å². The normalized spacial score (nSPS) is 20.6. The third kappa shape index (κ3) is 1.86. The summed E-state index contributed by atoms with van der Waals surface area (Å²) < 4.78 is 0. The van der Waals surface area contributed by atoms with E-state index in [0.29, 0.717) is 11.7 Å². The molecule has 1 aliphatic carbocycles.